The van der Waals surface area contributed by atoms with Crippen LogP contribution >= 0.6 is 11.6 Å². The SMILES string of the molecule is Cc1nn(Cc2ccccc2)c(Cl)c1/C=C/C(=O)N(C)CCO. The van der Waals surface area contributed by atoms with Crippen LogP contribution in [0.5, 0.6) is 0 Å². The molecule has 122 valence electrons. The molecule has 23 heavy (non-hydrogen) atoms. The summed E-state index contributed by atoms with van der Waals surface area (Å²) in [5, 5.41) is 13.8. The molecular formula is C17H20ClN3O2. The van der Waals surface area contributed by atoms with Crippen molar-refractivity contribution in [3.63, 3.8) is 0 Å². The van der Waals surface area contributed by atoms with Gasteiger partial charge in [-0.05, 0) is 18.6 Å². The van der Waals surface area contributed by atoms with E-state index in [1.54, 1.807) is 17.8 Å². The third-order valence-electron chi connectivity index (χ3n) is 3.49. The number of hydrogen-bond acceptors (Lipinski definition) is 3. The summed E-state index contributed by atoms with van der Waals surface area (Å²) in [6.45, 7) is 2.66. The smallest absolute Gasteiger partial charge is 0.246 e. The van der Waals surface area contributed by atoms with Crippen LogP contribution in [-0.2, 0) is 11.3 Å². The summed E-state index contributed by atoms with van der Waals surface area (Å²) in [5.41, 5.74) is 2.60. The van der Waals surface area contributed by atoms with E-state index < -0.39 is 0 Å². The molecule has 0 aliphatic carbocycles. The van der Waals surface area contributed by atoms with Crippen LogP contribution in [0.1, 0.15) is 16.8 Å². The fourth-order valence-corrected chi connectivity index (χ4v) is 2.46. The molecule has 0 saturated heterocycles. The van der Waals surface area contributed by atoms with Gasteiger partial charge >= 0.3 is 0 Å². The quantitative estimate of drug-likeness (QED) is 0.826. The number of rotatable bonds is 6. The van der Waals surface area contributed by atoms with Crippen molar-refractivity contribution in [1.29, 1.82) is 0 Å². The molecule has 0 aliphatic rings. The topological polar surface area (TPSA) is 58.4 Å². The van der Waals surface area contributed by atoms with Crippen molar-refractivity contribution in [3.8, 4) is 0 Å². The van der Waals surface area contributed by atoms with Crippen molar-refractivity contribution < 1.29 is 9.90 Å². The van der Waals surface area contributed by atoms with E-state index in [1.807, 2.05) is 37.3 Å². The molecule has 1 aromatic heterocycles. The summed E-state index contributed by atoms with van der Waals surface area (Å²) in [7, 11) is 1.64. The Morgan fingerprint density at radius 3 is 2.74 bits per heavy atom. The van der Waals surface area contributed by atoms with Crippen LogP contribution in [0.3, 0.4) is 0 Å². The Morgan fingerprint density at radius 1 is 1.39 bits per heavy atom. The average Bonchev–Trinajstić information content (AvgIpc) is 2.80. The van der Waals surface area contributed by atoms with Gasteiger partial charge in [0.2, 0.25) is 5.91 Å². The number of likely N-dealkylation sites (N-methyl/N-ethyl adjacent to an activating group) is 1. The van der Waals surface area contributed by atoms with Crippen molar-refractivity contribution in [1.82, 2.24) is 14.7 Å². The van der Waals surface area contributed by atoms with Crippen molar-refractivity contribution in [2.24, 2.45) is 0 Å². The van der Waals surface area contributed by atoms with Gasteiger partial charge in [-0.1, -0.05) is 41.9 Å². The maximum atomic E-state index is 11.9. The fraction of sp³-hybridized carbons (Fsp3) is 0.294. The summed E-state index contributed by atoms with van der Waals surface area (Å²) in [4.78, 5) is 13.3. The first-order valence-electron chi connectivity index (χ1n) is 7.33. The van der Waals surface area contributed by atoms with E-state index in [0.717, 1.165) is 16.8 Å². The molecular weight excluding hydrogens is 314 g/mol. The minimum atomic E-state index is -0.190. The second-order valence-electron chi connectivity index (χ2n) is 5.25. The summed E-state index contributed by atoms with van der Waals surface area (Å²) < 4.78 is 1.72. The fourth-order valence-electron chi connectivity index (χ4n) is 2.16. The lowest BCUT2D eigenvalue weighted by atomic mass is 10.2. The highest BCUT2D eigenvalue weighted by Crippen LogP contribution is 2.22. The number of aromatic nitrogens is 2. The molecule has 1 heterocycles. The first-order chi connectivity index (χ1) is 11.0. The molecule has 1 amide bonds. The van der Waals surface area contributed by atoms with Crippen molar-refractivity contribution in [2.75, 3.05) is 20.2 Å². The van der Waals surface area contributed by atoms with Crippen molar-refractivity contribution in [3.05, 3.63) is 58.4 Å². The van der Waals surface area contributed by atoms with Crippen molar-refractivity contribution >= 4 is 23.6 Å². The lowest BCUT2D eigenvalue weighted by Crippen LogP contribution is -2.27. The summed E-state index contributed by atoms with van der Waals surface area (Å²) in [6.07, 6.45) is 3.11. The second-order valence-corrected chi connectivity index (χ2v) is 5.61. The first-order valence-corrected chi connectivity index (χ1v) is 7.71. The predicted octanol–water partition coefficient (Wildman–Crippen LogP) is 2.36. The van der Waals surface area contributed by atoms with Gasteiger partial charge in [0.15, 0.2) is 0 Å². The number of benzene rings is 1. The van der Waals surface area contributed by atoms with Gasteiger partial charge in [0.05, 0.1) is 18.8 Å². The lowest BCUT2D eigenvalue weighted by Gasteiger charge is -2.12. The second kappa shape index (κ2) is 7.94. The van der Waals surface area contributed by atoms with E-state index >= 15 is 0 Å². The summed E-state index contributed by atoms with van der Waals surface area (Å²) in [6, 6.07) is 9.92. The molecule has 5 nitrogen and oxygen atoms in total. The average molecular weight is 334 g/mol. The Balaban J connectivity index is 2.16. The molecule has 0 fully saturated rings. The molecule has 1 N–H and O–H groups in total. The van der Waals surface area contributed by atoms with Gasteiger partial charge < -0.3 is 10.0 Å². The third-order valence-corrected chi connectivity index (χ3v) is 3.89. The van der Waals surface area contributed by atoms with Gasteiger partial charge in [0, 0.05) is 25.2 Å². The van der Waals surface area contributed by atoms with Crippen LogP contribution in [0.4, 0.5) is 0 Å². The van der Waals surface area contributed by atoms with Gasteiger partial charge in [-0.2, -0.15) is 5.10 Å². The third kappa shape index (κ3) is 4.43. The van der Waals surface area contributed by atoms with Crippen LogP contribution in [0.2, 0.25) is 5.15 Å². The summed E-state index contributed by atoms with van der Waals surface area (Å²) in [5.74, 6) is -0.190. The number of aryl methyl sites for hydroxylation is 1. The van der Waals surface area contributed by atoms with Crippen LogP contribution < -0.4 is 0 Å². The molecule has 0 radical (unpaired) electrons. The number of carbonyl (C=O) groups excluding carboxylic acids is 1. The molecule has 0 bridgehead atoms. The van der Waals surface area contributed by atoms with Crippen LogP contribution in [0, 0.1) is 6.92 Å². The zero-order valence-corrected chi connectivity index (χ0v) is 14.0. The maximum absolute atomic E-state index is 11.9. The Bertz CT molecular complexity index is 695. The highest BCUT2D eigenvalue weighted by molar-refractivity contribution is 6.31. The number of amides is 1. The minimum Gasteiger partial charge on any atom is -0.395 e. The van der Waals surface area contributed by atoms with Gasteiger partial charge in [0.1, 0.15) is 5.15 Å². The first kappa shape index (κ1) is 17.2. The monoisotopic (exact) mass is 333 g/mol. The van der Waals surface area contributed by atoms with E-state index in [-0.39, 0.29) is 12.5 Å². The molecule has 0 saturated carbocycles. The van der Waals surface area contributed by atoms with E-state index in [1.165, 1.54) is 11.0 Å². The molecule has 0 aliphatic heterocycles. The number of halogens is 1. The largest absolute Gasteiger partial charge is 0.395 e. The Morgan fingerprint density at radius 2 is 2.09 bits per heavy atom. The zero-order chi connectivity index (χ0) is 16.8. The number of hydrogen-bond donors (Lipinski definition) is 1. The van der Waals surface area contributed by atoms with E-state index in [9.17, 15) is 4.79 Å². The zero-order valence-electron chi connectivity index (χ0n) is 13.2. The predicted molar refractivity (Wildman–Crippen MR) is 91.3 cm³/mol. The van der Waals surface area contributed by atoms with E-state index in [0.29, 0.717) is 18.2 Å². The Kier molecular flexibility index (Phi) is 5.96. The Hall–Kier alpha value is -2.11. The molecule has 1 aromatic carbocycles. The van der Waals surface area contributed by atoms with Crippen molar-refractivity contribution in [2.45, 2.75) is 13.5 Å². The summed E-state index contributed by atoms with van der Waals surface area (Å²) >= 11 is 6.39. The van der Waals surface area contributed by atoms with Gasteiger partial charge in [-0.15, -0.1) is 0 Å². The van der Waals surface area contributed by atoms with Gasteiger partial charge in [0.25, 0.3) is 0 Å². The molecule has 6 heteroatoms. The van der Waals surface area contributed by atoms with Crippen LogP contribution in [0.25, 0.3) is 6.08 Å². The maximum Gasteiger partial charge on any atom is 0.246 e. The highest BCUT2D eigenvalue weighted by atomic mass is 35.5. The standard InChI is InChI=1S/C17H20ClN3O2/c1-13-15(8-9-16(23)20(2)10-11-22)17(18)21(19-13)12-14-6-4-3-5-7-14/h3-9,22H,10-12H2,1-2H3/b9-8+. The normalized spacial score (nSPS) is 11.1. The van der Waals surface area contributed by atoms with Crippen LogP contribution in [0.15, 0.2) is 36.4 Å². The Labute approximate surface area is 140 Å². The lowest BCUT2D eigenvalue weighted by molar-refractivity contribution is -0.125. The molecule has 2 rings (SSSR count). The molecule has 0 atom stereocenters. The van der Waals surface area contributed by atoms with Gasteiger partial charge in [-0.3, -0.25) is 4.79 Å². The van der Waals surface area contributed by atoms with Gasteiger partial charge in [-0.25, -0.2) is 4.68 Å². The van der Waals surface area contributed by atoms with E-state index in [2.05, 4.69) is 5.10 Å². The van der Waals surface area contributed by atoms with Crippen LogP contribution in [-0.4, -0.2) is 45.9 Å². The molecule has 2 aromatic rings. The molecule has 0 spiro atoms. The minimum absolute atomic E-state index is 0.0646. The number of aliphatic hydroxyl groups excluding tert-OH is 1. The number of carbonyl (C=O) groups is 1. The number of aliphatic hydroxyl groups is 1. The number of nitrogens with zero attached hydrogens (tertiary/aromatic N) is 3. The highest BCUT2D eigenvalue weighted by Gasteiger charge is 2.12. The van der Waals surface area contributed by atoms with E-state index in [4.69, 9.17) is 16.7 Å². The molecule has 0 unspecified atom stereocenters.